The number of anilines is 1. The monoisotopic (exact) mass is 271 g/mol. The van der Waals surface area contributed by atoms with Crippen LogP contribution in [0, 0.1) is 5.92 Å². The fourth-order valence-corrected chi connectivity index (χ4v) is 2.70. The molecule has 1 fully saturated rings. The van der Waals surface area contributed by atoms with Gasteiger partial charge in [0, 0.05) is 12.6 Å². The van der Waals surface area contributed by atoms with Crippen molar-refractivity contribution in [2.75, 3.05) is 12.5 Å². The number of nitrogens with zero attached hydrogens (tertiary/aromatic N) is 2. The average molecular weight is 271 g/mol. The lowest BCUT2D eigenvalue weighted by Crippen LogP contribution is -1.98. The van der Waals surface area contributed by atoms with Gasteiger partial charge in [-0.3, -0.25) is 4.68 Å². The topological polar surface area (TPSA) is 62.3 Å². The predicted octanol–water partition coefficient (Wildman–Crippen LogP) is 2.35. The summed E-state index contributed by atoms with van der Waals surface area (Å²) in [5.41, 5.74) is 9.39. The van der Waals surface area contributed by atoms with Crippen molar-refractivity contribution in [2.45, 2.75) is 19.3 Å². The molecule has 104 valence electrons. The van der Waals surface area contributed by atoms with E-state index in [0.29, 0.717) is 5.82 Å². The fraction of sp³-hybridized carbons (Fsp3) is 0.400. The number of nitrogen functional groups attached to an aromatic ring is 1. The molecule has 5 heteroatoms. The Bertz CT molecular complexity index is 674. The highest BCUT2D eigenvalue weighted by Crippen LogP contribution is 2.41. The molecule has 0 bridgehead atoms. The van der Waals surface area contributed by atoms with Crippen molar-refractivity contribution in [1.29, 1.82) is 0 Å². The Balaban J connectivity index is 1.80. The maximum atomic E-state index is 6.21. The summed E-state index contributed by atoms with van der Waals surface area (Å²) in [6.45, 7) is 0.288. The van der Waals surface area contributed by atoms with Gasteiger partial charge in [-0.2, -0.15) is 5.10 Å². The van der Waals surface area contributed by atoms with Gasteiger partial charge in [-0.1, -0.05) is 6.07 Å². The molecule has 0 spiro atoms. The van der Waals surface area contributed by atoms with Gasteiger partial charge in [0.2, 0.25) is 6.79 Å². The number of aromatic nitrogens is 2. The van der Waals surface area contributed by atoms with Crippen molar-refractivity contribution in [3.63, 3.8) is 0 Å². The molecule has 0 amide bonds. The number of fused-ring (bicyclic) bond motifs is 1. The molecule has 2 aliphatic rings. The van der Waals surface area contributed by atoms with Gasteiger partial charge in [-0.05, 0) is 42.9 Å². The third-order valence-corrected chi connectivity index (χ3v) is 4.00. The Morgan fingerprint density at radius 1 is 1.30 bits per heavy atom. The van der Waals surface area contributed by atoms with Gasteiger partial charge in [0.15, 0.2) is 11.5 Å². The van der Waals surface area contributed by atoms with Crippen molar-refractivity contribution in [3.05, 3.63) is 23.9 Å². The molecule has 5 nitrogen and oxygen atoms in total. The largest absolute Gasteiger partial charge is 0.454 e. The van der Waals surface area contributed by atoms with Gasteiger partial charge in [0.25, 0.3) is 0 Å². The first-order valence-corrected chi connectivity index (χ1v) is 6.94. The van der Waals surface area contributed by atoms with Gasteiger partial charge in [-0.15, -0.1) is 0 Å². The van der Waals surface area contributed by atoms with Crippen LogP contribution in [0.1, 0.15) is 18.5 Å². The summed E-state index contributed by atoms with van der Waals surface area (Å²) in [6.07, 6.45) is 3.61. The van der Waals surface area contributed by atoms with E-state index in [4.69, 9.17) is 15.2 Å². The van der Waals surface area contributed by atoms with E-state index in [9.17, 15) is 0 Å². The Hall–Kier alpha value is -2.17. The molecule has 0 atom stereocenters. The number of benzene rings is 1. The summed E-state index contributed by atoms with van der Waals surface area (Å²) < 4.78 is 12.6. The average Bonchev–Trinajstić information content (AvgIpc) is 3.05. The summed E-state index contributed by atoms with van der Waals surface area (Å²) >= 11 is 0. The standard InChI is InChI=1S/C15H17N3O2/c1-18-15(16)14(11(17-18)6-9-2-3-9)10-4-5-12-13(7-10)20-8-19-12/h4-5,7,9H,2-3,6,8,16H2,1H3. The van der Waals surface area contributed by atoms with Gasteiger partial charge in [0.05, 0.1) is 5.69 Å². The van der Waals surface area contributed by atoms with E-state index >= 15 is 0 Å². The van der Waals surface area contributed by atoms with Crippen molar-refractivity contribution in [3.8, 4) is 22.6 Å². The number of hydrogen-bond donors (Lipinski definition) is 1. The van der Waals surface area contributed by atoms with Crippen LogP contribution in [0.5, 0.6) is 11.5 Å². The third-order valence-electron chi connectivity index (χ3n) is 4.00. The Labute approximate surface area is 117 Å². The maximum absolute atomic E-state index is 6.21. The van der Waals surface area contributed by atoms with E-state index in [1.807, 2.05) is 25.2 Å². The lowest BCUT2D eigenvalue weighted by atomic mass is 10.0. The van der Waals surface area contributed by atoms with Crippen LogP contribution in [0.15, 0.2) is 18.2 Å². The molecule has 1 saturated carbocycles. The van der Waals surface area contributed by atoms with Gasteiger partial charge < -0.3 is 15.2 Å². The minimum absolute atomic E-state index is 0.288. The number of ether oxygens (including phenoxy) is 2. The summed E-state index contributed by atoms with van der Waals surface area (Å²) in [7, 11) is 1.89. The van der Waals surface area contributed by atoms with E-state index in [-0.39, 0.29) is 6.79 Å². The molecule has 0 saturated heterocycles. The Kier molecular flexibility index (Phi) is 2.42. The first-order valence-electron chi connectivity index (χ1n) is 6.94. The van der Waals surface area contributed by atoms with Crippen LogP contribution in [0.25, 0.3) is 11.1 Å². The van der Waals surface area contributed by atoms with Crippen LogP contribution < -0.4 is 15.2 Å². The third kappa shape index (κ3) is 1.81. The number of rotatable bonds is 3. The van der Waals surface area contributed by atoms with Crippen LogP contribution in [0.4, 0.5) is 5.82 Å². The number of hydrogen-bond acceptors (Lipinski definition) is 4. The maximum Gasteiger partial charge on any atom is 0.231 e. The zero-order valence-corrected chi connectivity index (χ0v) is 11.4. The van der Waals surface area contributed by atoms with E-state index in [1.165, 1.54) is 12.8 Å². The SMILES string of the molecule is Cn1nc(CC2CC2)c(-c2ccc3c(c2)OCO3)c1N. The normalized spacial score (nSPS) is 16.6. The van der Waals surface area contributed by atoms with Crippen LogP contribution >= 0.6 is 0 Å². The molecule has 1 aliphatic carbocycles. The first-order chi connectivity index (χ1) is 9.72. The van der Waals surface area contributed by atoms with Crippen molar-refractivity contribution < 1.29 is 9.47 Å². The van der Waals surface area contributed by atoms with Crippen LogP contribution in [-0.4, -0.2) is 16.6 Å². The minimum Gasteiger partial charge on any atom is -0.454 e. The lowest BCUT2D eigenvalue weighted by molar-refractivity contribution is 0.174. The summed E-state index contributed by atoms with van der Waals surface area (Å²) in [4.78, 5) is 0. The minimum atomic E-state index is 0.288. The zero-order valence-electron chi connectivity index (χ0n) is 11.4. The fourth-order valence-electron chi connectivity index (χ4n) is 2.70. The Morgan fingerprint density at radius 2 is 2.10 bits per heavy atom. The molecule has 2 heterocycles. The van der Waals surface area contributed by atoms with Gasteiger partial charge >= 0.3 is 0 Å². The molecule has 1 aromatic heterocycles. The van der Waals surface area contributed by atoms with Crippen molar-refractivity contribution in [2.24, 2.45) is 13.0 Å². The molecular weight excluding hydrogens is 254 g/mol. The van der Waals surface area contributed by atoms with Gasteiger partial charge in [-0.25, -0.2) is 0 Å². The molecule has 20 heavy (non-hydrogen) atoms. The molecular formula is C15H17N3O2. The lowest BCUT2D eigenvalue weighted by Gasteiger charge is -2.05. The number of aryl methyl sites for hydroxylation is 1. The van der Waals surface area contributed by atoms with E-state index < -0.39 is 0 Å². The molecule has 0 unspecified atom stereocenters. The highest BCUT2D eigenvalue weighted by molar-refractivity contribution is 5.78. The summed E-state index contributed by atoms with van der Waals surface area (Å²) in [5, 5.41) is 4.58. The van der Waals surface area contributed by atoms with Crippen LogP contribution in [0.2, 0.25) is 0 Å². The van der Waals surface area contributed by atoms with Crippen LogP contribution in [-0.2, 0) is 13.5 Å². The second-order valence-electron chi connectivity index (χ2n) is 5.55. The van der Waals surface area contributed by atoms with Crippen LogP contribution in [0.3, 0.4) is 0 Å². The van der Waals surface area contributed by atoms with Crippen molar-refractivity contribution in [1.82, 2.24) is 9.78 Å². The summed E-state index contributed by atoms with van der Waals surface area (Å²) in [5.74, 6) is 3.06. The van der Waals surface area contributed by atoms with E-state index in [1.54, 1.807) is 4.68 Å². The second kappa shape index (κ2) is 4.16. The highest BCUT2D eigenvalue weighted by Gasteiger charge is 2.27. The Morgan fingerprint density at radius 3 is 2.90 bits per heavy atom. The summed E-state index contributed by atoms with van der Waals surface area (Å²) in [6, 6.07) is 5.95. The molecule has 1 aliphatic heterocycles. The molecule has 0 radical (unpaired) electrons. The number of nitrogens with two attached hydrogens (primary N) is 1. The smallest absolute Gasteiger partial charge is 0.231 e. The van der Waals surface area contributed by atoms with E-state index in [0.717, 1.165) is 40.7 Å². The first kappa shape index (κ1) is 11.6. The van der Waals surface area contributed by atoms with E-state index in [2.05, 4.69) is 5.10 Å². The highest BCUT2D eigenvalue weighted by atomic mass is 16.7. The molecule has 1 aromatic carbocycles. The van der Waals surface area contributed by atoms with Gasteiger partial charge in [0.1, 0.15) is 5.82 Å². The predicted molar refractivity (Wildman–Crippen MR) is 75.6 cm³/mol. The molecule has 2 aromatic rings. The van der Waals surface area contributed by atoms with Crippen molar-refractivity contribution >= 4 is 5.82 Å². The second-order valence-corrected chi connectivity index (χ2v) is 5.55. The molecule has 4 rings (SSSR count). The quantitative estimate of drug-likeness (QED) is 0.930. The molecule has 2 N–H and O–H groups in total. The zero-order chi connectivity index (χ0) is 13.7.